The molecule has 1 amide bonds. The number of hydrogen-bond acceptors (Lipinski definition) is 3. The Morgan fingerprint density at radius 2 is 2.08 bits per heavy atom. The minimum Gasteiger partial charge on any atom is -0.435 e. The van der Waals surface area contributed by atoms with E-state index in [0.717, 1.165) is 56.4 Å². The first-order valence-corrected chi connectivity index (χ1v) is 8.69. The molecule has 1 aromatic carbocycles. The largest absolute Gasteiger partial charge is 0.435 e. The molecule has 4 nitrogen and oxygen atoms in total. The number of rotatable bonds is 3. The van der Waals surface area contributed by atoms with E-state index >= 15 is 0 Å². The zero-order valence-corrected chi connectivity index (χ0v) is 14.8. The maximum absolute atomic E-state index is 13.0. The molecule has 1 saturated carbocycles. The summed E-state index contributed by atoms with van der Waals surface area (Å²) in [6, 6.07) is 4.93. The molecule has 1 unspecified atom stereocenters. The number of carbonyl (C=O) groups is 1. The molecule has 25 heavy (non-hydrogen) atoms. The van der Waals surface area contributed by atoms with E-state index in [-0.39, 0.29) is 35.4 Å². The second-order valence-corrected chi connectivity index (χ2v) is 7.13. The first-order chi connectivity index (χ1) is 11.6. The molecular formula is C18H23ClF2N2O2. The number of alkyl halides is 2. The van der Waals surface area contributed by atoms with Gasteiger partial charge in [0.2, 0.25) is 5.91 Å². The predicted molar refractivity (Wildman–Crippen MR) is 93.6 cm³/mol. The van der Waals surface area contributed by atoms with Gasteiger partial charge >= 0.3 is 6.61 Å². The molecule has 2 heterocycles. The third-order valence-electron chi connectivity index (χ3n) is 5.75. The molecule has 1 aliphatic carbocycles. The van der Waals surface area contributed by atoms with Gasteiger partial charge in [0.25, 0.3) is 0 Å². The summed E-state index contributed by atoms with van der Waals surface area (Å²) in [6.45, 7) is -0.120. The highest BCUT2D eigenvalue weighted by molar-refractivity contribution is 5.98. The maximum atomic E-state index is 13.0. The summed E-state index contributed by atoms with van der Waals surface area (Å²) in [5.41, 5.74) is 2.00. The van der Waals surface area contributed by atoms with Crippen molar-refractivity contribution in [3.05, 3.63) is 23.8 Å². The number of halogens is 3. The first-order valence-electron chi connectivity index (χ1n) is 8.69. The summed E-state index contributed by atoms with van der Waals surface area (Å²) < 4.78 is 29.2. The Hall–Kier alpha value is -1.40. The third kappa shape index (κ3) is 3.47. The molecular weight excluding hydrogens is 350 g/mol. The summed E-state index contributed by atoms with van der Waals surface area (Å²) in [4.78, 5) is 14.9. The average molecular weight is 373 g/mol. The minimum atomic E-state index is -2.82. The van der Waals surface area contributed by atoms with Crippen LogP contribution in [0.2, 0.25) is 0 Å². The fourth-order valence-corrected chi connectivity index (χ4v) is 4.34. The number of fused-ring (bicyclic) bond motifs is 1. The van der Waals surface area contributed by atoms with E-state index in [1.165, 1.54) is 6.07 Å². The quantitative estimate of drug-likeness (QED) is 0.884. The van der Waals surface area contributed by atoms with Gasteiger partial charge in [0.1, 0.15) is 5.75 Å². The van der Waals surface area contributed by atoms with Crippen molar-refractivity contribution in [2.24, 2.45) is 11.3 Å². The molecule has 0 bridgehead atoms. The van der Waals surface area contributed by atoms with Gasteiger partial charge in [-0.25, -0.2) is 0 Å². The molecule has 2 fully saturated rings. The molecule has 1 saturated heterocycles. The molecule has 0 radical (unpaired) electrons. The van der Waals surface area contributed by atoms with Crippen LogP contribution in [0, 0.1) is 11.3 Å². The van der Waals surface area contributed by atoms with Gasteiger partial charge in [-0.15, -0.1) is 12.4 Å². The number of hydrogen-bond donors (Lipinski definition) is 1. The lowest BCUT2D eigenvalue weighted by Gasteiger charge is -2.31. The Labute approximate surface area is 152 Å². The second-order valence-electron chi connectivity index (χ2n) is 7.13. The number of aryl methyl sites for hydroxylation is 1. The Balaban J connectivity index is 0.00000182. The summed E-state index contributed by atoms with van der Waals surface area (Å²) in [6.07, 6.45) is 4.79. The van der Waals surface area contributed by atoms with Gasteiger partial charge in [-0.05, 0) is 74.4 Å². The molecule has 2 aliphatic heterocycles. The number of ether oxygens (including phenoxy) is 1. The fourth-order valence-electron chi connectivity index (χ4n) is 4.34. The normalized spacial score (nSPS) is 23.8. The van der Waals surface area contributed by atoms with Gasteiger partial charge in [0.15, 0.2) is 0 Å². The Morgan fingerprint density at radius 3 is 2.80 bits per heavy atom. The second kappa shape index (κ2) is 7.08. The predicted octanol–water partition coefficient (Wildman–Crippen LogP) is 3.38. The molecule has 1 N–H and O–H groups in total. The number of piperidine rings is 1. The monoisotopic (exact) mass is 372 g/mol. The van der Waals surface area contributed by atoms with Gasteiger partial charge in [0.05, 0.1) is 0 Å². The number of anilines is 1. The van der Waals surface area contributed by atoms with Gasteiger partial charge in [0, 0.05) is 18.2 Å². The van der Waals surface area contributed by atoms with E-state index in [2.05, 4.69) is 10.1 Å². The van der Waals surface area contributed by atoms with Gasteiger partial charge in [-0.3, -0.25) is 4.79 Å². The van der Waals surface area contributed by atoms with E-state index in [9.17, 15) is 13.6 Å². The van der Waals surface area contributed by atoms with Crippen LogP contribution in [0.15, 0.2) is 18.2 Å². The van der Waals surface area contributed by atoms with Crippen molar-refractivity contribution in [2.45, 2.75) is 38.7 Å². The van der Waals surface area contributed by atoms with Crippen molar-refractivity contribution in [1.82, 2.24) is 5.32 Å². The molecule has 138 valence electrons. The molecule has 1 aromatic rings. The van der Waals surface area contributed by atoms with Crippen molar-refractivity contribution in [3.63, 3.8) is 0 Å². The van der Waals surface area contributed by atoms with Crippen molar-refractivity contribution in [2.75, 3.05) is 24.5 Å². The molecule has 0 aromatic heterocycles. The number of nitrogens with one attached hydrogen (secondary N) is 1. The molecule has 4 rings (SSSR count). The topological polar surface area (TPSA) is 41.6 Å². The van der Waals surface area contributed by atoms with Crippen LogP contribution in [0.1, 0.15) is 31.2 Å². The lowest BCUT2D eigenvalue weighted by Crippen LogP contribution is -2.39. The van der Waals surface area contributed by atoms with Crippen LogP contribution in [0.5, 0.6) is 5.75 Å². The SMILES string of the molecule is Cl.O=C(C1CC12CCNCC2)N1CCCc2cc(OC(F)F)ccc21. The summed E-state index contributed by atoms with van der Waals surface area (Å²) in [5, 5.41) is 3.36. The van der Waals surface area contributed by atoms with Crippen LogP contribution in [0.3, 0.4) is 0 Å². The molecule has 1 atom stereocenters. The van der Waals surface area contributed by atoms with E-state index in [0.29, 0.717) is 6.54 Å². The van der Waals surface area contributed by atoms with Crippen LogP contribution in [0.25, 0.3) is 0 Å². The molecule has 3 aliphatic rings. The minimum absolute atomic E-state index is 0. The standard InChI is InChI=1S/C18H22F2N2O2.ClH/c19-17(20)24-13-3-4-15-12(10-13)2-1-9-22(15)16(23)14-11-18(14)5-7-21-8-6-18;/h3-4,10,14,17,21H,1-2,5-9,11H2;1H. The fraction of sp³-hybridized carbons (Fsp3) is 0.611. The van der Waals surface area contributed by atoms with Crippen molar-refractivity contribution >= 4 is 24.0 Å². The lowest BCUT2D eigenvalue weighted by atomic mass is 9.91. The summed E-state index contributed by atoms with van der Waals surface area (Å²) in [5.74, 6) is 0.502. The molecule has 7 heteroatoms. The Kier molecular flexibility index (Phi) is 5.21. The number of nitrogens with zero attached hydrogens (tertiary/aromatic N) is 1. The van der Waals surface area contributed by atoms with Crippen molar-refractivity contribution < 1.29 is 18.3 Å². The van der Waals surface area contributed by atoms with E-state index in [1.807, 2.05) is 4.90 Å². The highest BCUT2D eigenvalue weighted by atomic mass is 35.5. The van der Waals surface area contributed by atoms with E-state index in [1.54, 1.807) is 12.1 Å². The van der Waals surface area contributed by atoms with Gasteiger partial charge in [-0.2, -0.15) is 8.78 Å². The highest BCUT2D eigenvalue weighted by Gasteiger charge is 2.58. The zero-order chi connectivity index (χ0) is 16.7. The van der Waals surface area contributed by atoms with Crippen LogP contribution in [0.4, 0.5) is 14.5 Å². The number of benzene rings is 1. The van der Waals surface area contributed by atoms with Crippen LogP contribution in [-0.4, -0.2) is 32.2 Å². The lowest BCUT2D eigenvalue weighted by molar-refractivity contribution is -0.120. The van der Waals surface area contributed by atoms with E-state index in [4.69, 9.17) is 0 Å². The van der Waals surface area contributed by atoms with Gasteiger partial charge < -0.3 is 15.0 Å². The van der Waals surface area contributed by atoms with Crippen LogP contribution < -0.4 is 15.0 Å². The van der Waals surface area contributed by atoms with Crippen molar-refractivity contribution in [1.29, 1.82) is 0 Å². The number of amides is 1. The summed E-state index contributed by atoms with van der Waals surface area (Å²) in [7, 11) is 0. The highest BCUT2D eigenvalue weighted by Crippen LogP contribution is 2.59. The average Bonchev–Trinajstić information content (AvgIpc) is 3.26. The maximum Gasteiger partial charge on any atom is 0.387 e. The zero-order valence-electron chi connectivity index (χ0n) is 14.0. The van der Waals surface area contributed by atoms with Gasteiger partial charge in [-0.1, -0.05) is 0 Å². The van der Waals surface area contributed by atoms with Crippen LogP contribution in [-0.2, 0) is 11.2 Å². The molecule has 1 spiro atoms. The smallest absolute Gasteiger partial charge is 0.387 e. The number of carbonyl (C=O) groups excluding carboxylic acids is 1. The third-order valence-corrected chi connectivity index (χ3v) is 5.75. The van der Waals surface area contributed by atoms with Crippen molar-refractivity contribution in [3.8, 4) is 5.75 Å². The van der Waals surface area contributed by atoms with Crippen LogP contribution >= 0.6 is 12.4 Å². The van der Waals surface area contributed by atoms with E-state index < -0.39 is 6.61 Å². The Bertz CT molecular complexity index is 650. The summed E-state index contributed by atoms with van der Waals surface area (Å²) >= 11 is 0. The first kappa shape index (κ1) is 18.4. The Morgan fingerprint density at radius 1 is 1.32 bits per heavy atom.